The molecule has 0 aliphatic rings. The predicted octanol–water partition coefficient (Wildman–Crippen LogP) is 2.34. The van der Waals surface area contributed by atoms with Crippen molar-refractivity contribution in [1.29, 1.82) is 0 Å². The lowest BCUT2D eigenvalue weighted by atomic mass is 10.1. The minimum absolute atomic E-state index is 0.0717. The third-order valence-electron chi connectivity index (χ3n) is 2.68. The molecule has 2 aromatic rings. The van der Waals surface area contributed by atoms with Crippen molar-refractivity contribution in [3.8, 4) is 0 Å². The fourth-order valence-electron chi connectivity index (χ4n) is 1.70. The Morgan fingerprint density at radius 1 is 1.16 bits per heavy atom. The zero-order chi connectivity index (χ0) is 13.8. The molecule has 2 N–H and O–H groups in total. The molecule has 0 radical (unpaired) electrons. The van der Waals surface area contributed by atoms with Crippen LogP contribution in [0.1, 0.15) is 26.3 Å². The molecule has 0 bridgehead atoms. The summed E-state index contributed by atoms with van der Waals surface area (Å²) in [5, 5.41) is 11.7. The second-order valence-electron chi connectivity index (χ2n) is 3.99. The van der Waals surface area contributed by atoms with E-state index in [1.54, 1.807) is 31.2 Å². The smallest absolute Gasteiger partial charge is 0.337 e. The number of benzene rings is 1. The summed E-state index contributed by atoms with van der Waals surface area (Å²) in [7, 11) is 0. The molecule has 5 heteroatoms. The molecule has 0 atom stereocenters. The number of nitrogens with one attached hydrogen (secondary N) is 1. The number of carboxylic acid groups (broad SMARTS) is 1. The monoisotopic (exact) mass is 256 g/mol. The van der Waals surface area contributed by atoms with E-state index in [0.29, 0.717) is 16.8 Å². The van der Waals surface area contributed by atoms with Gasteiger partial charge in [0.2, 0.25) is 0 Å². The van der Waals surface area contributed by atoms with Crippen molar-refractivity contribution in [3.05, 3.63) is 59.4 Å². The number of carbonyl (C=O) groups excluding carboxylic acids is 1. The average molecular weight is 256 g/mol. The lowest BCUT2D eigenvalue weighted by molar-refractivity contribution is 0.0698. The molecular weight excluding hydrogens is 244 g/mol. The quantitative estimate of drug-likeness (QED) is 0.883. The largest absolute Gasteiger partial charge is 0.478 e. The molecule has 0 spiro atoms. The zero-order valence-electron chi connectivity index (χ0n) is 10.3. The van der Waals surface area contributed by atoms with Gasteiger partial charge in [-0.15, -0.1) is 0 Å². The average Bonchev–Trinajstić information content (AvgIpc) is 2.41. The third kappa shape index (κ3) is 2.77. The summed E-state index contributed by atoms with van der Waals surface area (Å²) in [4.78, 5) is 27.0. The van der Waals surface area contributed by atoms with Crippen molar-refractivity contribution in [2.75, 3.05) is 5.32 Å². The van der Waals surface area contributed by atoms with Crippen LogP contribution < -0.4 is 5.32 Å². The van der Waals surface area contributed by atoms with E-state index in [2.05, 4.69) is 10.3 Å². The molecule has 2 rings (SSSR count). The van der Waals surface area contributed by atoms with Crippen molar-refractivity contribution < 1.29 is 14.7 Å². The number of hydrogen-bond acceptors (Lipinski definition) is 3. The van der Waals surface area contributed by atoms with Gasteiger partial charge in [-0.1, -0.05) is 12.1 Å². The summed E-state index contributed by atoms with van der Waals surface area (Å²) in [6.45, 7) is 1.74. The van der Waals surface area contributed by atoms with Gasteiger partial charge in [0.1, 0.15) is 0 Å². The van der Waals surface area contributed by atoms with Crippen LogP contribution in [0.2, 0.25) is 0 Å². The van der Waals surface area contributed by atoms with Gasteiger partial charge in [0, 0.05) is 18.0 Å². The van der Waals surface area contributed by atoms with Gasteiger partial charge in [-0.2, -0.15) is 0 Å². The van der Waals surface area contributed by atoms with E-state index in [1.165, 1.54) is 18.5 Å². The summed E-state index contributed by atoms with van der Waals surface area (Å²) in [6.07, 6.45) is 3.01. The summed E-state index contributed by atoms with van der Waals surface area (Å²) in [6, 6.07) is 7.97. The molecule has 0 saturated heterocycles. The number of aryl methyl sites for hydroxylation is 1. The van der Waals surface area contributed by atoms with Crippen LogP contribution in [0, 0.1) is 6.92 Å². The number of carboxylic acids is 1. The highest BCUT2D eigenvalue weighted by Crippen LogP contribution is 2.21. The van der Waals surface area contributed by atoms with Crippen LogP contribution in [0.25, 0.3) is 0 Å². The first kappa shape index (κ1) is 12.8. The van der Waals surface area contributed by atoms with Crippen molar-refractivity contribution in [2.24, 2.45) is 0 Å². The van der Waals surface area contributed by atoms with Crippen molar-refractivity contribution in [3.63, 3.8) is 0 Å². The van der Waals surface area contributed by atoms with Crippen LogP contribution >= 0.6 is 0 Å². The number of carbonyl (C=O) groups is 2. The van der Waals surface area contributed by atoms with Crippen molar-refractivity contribution in [1.82, 2.24) is 4.98 Å². The van der Waals surface area contributed by atoms with Crippen LogP contribution in [0.15, 0.2) is 42.7 Å². The maximum atomic E-state index is 12.0. The SMILES string of the molecule is Cc1cccc(C(=O)O)c1NC(=O)c1ccncc1. The Kier molecular flexibility index (Phi) is 3.56. The van der Waals surface area contributed by atoms with Gasteiger partial charge < -0.3 is 10.4 Å². The van der Waals surface area contributed by atoms with E-state index in [9.17, 15) is 9.59 Å². The Hall–Kier alpha value is -2.69. The van der Waals surface area contributed by atoms with Gasteiger partial charge in [0.25, 0.3) is 5.91 Å². The van der Waals surface area contributed by atoms with Crippen LogP contribution in [-0.4, -0.2) is 22.0 Å². The number of nitrogens with zero attached hydrogens (tertiary/aromatic N) is 1. The highest BCUT2D eigenvalue weighted by molar-refractivity contribution is 6.08. The number of rotatable bonds is 3. The van der Waals surface area contributed by atoms with E-state index >= 15 is 0 Å². The van der Waals surface area contributed by atoms with E-state index in [0.717, 1.165) is 0 Å². The first-order valence-corrected chi connectivity index (χ1v) is 5.64. The number of aromatic carboxylic acids is 1. The van der Waals surface area contributed by atoms with E-state index < -0.39 is 5.97 Å². The topological polar surface area (TPSA) is 79.3 Å². The predicted molar refractivity (Wildman–Crippen MR) is 70.3 cm³/mol. The highest BCUT2D eigenvalue weighted by Gasteiger charge is 2.15. The minimum Gasteiger partial charge on any atom is -0.478 e. The Morgan fingerprint density at radius 3 is 2.47 bits per heavy atom. The van der Waals surface area contributed by atoms with Crippen LogP contribution in [0.5, 0.6) is 0 Å². The second kappa shape index (κ2) is 5.30. The molecular formula is C14H12N2O3. The van der Waals surface area contributed by atoms with Crippen LogP contribution in [0.4, 0.5) is 5.69 Å². The van der Waals surface area contributed by atoms with E-state index in [1.807, 2.05) is 0 Å². The van der Waals surface area contributed by atoms with Gasteiger partial charge in [0.15, 0.2) is 0 Å². The fourth-order valence-corrected chi connectivity index (χ4v) is 1.70. The maximum Gasteiger partial charge on any atom is 0.337 e. The molecule has 5 nitrogen and oxygen atoms in total. The molecule has 0 fully saturated rings. The number of anilines is 1. The van der Waals surface area contributed by atoms with Gasteiger partial charge in [0.05, 0.1) is 11.3 Å². The lowest BCUT2D eigenvalue weighted by Gasteiger charge is -2.11. The summed E-state index contributed by atoms with van der Waals surface area (Å²) in [5.74, 6) is -1.44. The van der Waals surface area contributed by atoms with Crippen LogP contribution in [0.3, 0.4) is 0 Å². The Morgan fingerprint density at radius 2 is 1.84 bits per heavy atom. The highest BCUT2D eigenvalue weighted by atomic mass is 16.4. The molecule has 0 aliphatic heterocycles. The van der Waals surface area contributed by atoms with Crippen LogP contribution in [-0.2, 0) is 0 Å². The molecule has 1 aromatic carbocycles. The molecule has 0 unspecified atom stereocenters. The summed E-state index contributed by atoms with van der Waals surface area (Å²) in [5.41, 5.74) is 1.51. The van der Waals surface area contributed by atoms with Crippen molar-refractivity contribution in [2.45, 2.75) is 6.92 Å². The van der Waals surface area contributed by atoms with Gasteiger partial charge in [-0.05, 0) is 30.7 Å². The van der Waals surface area contributed by atoms with E-state index in [-0.39, 0.29) is 11.5 Å². The first-order chi connectivity index (χ1) is 9.09. The molecule has 1 amide bonds. The summed E-state index contributed by atoms with van der Waals surface area (Å²) >= 11 is 0. The Balaban J connectivity index is 2.34. The Labute approximate surface area is 109 Å². The molecule has 19 heavy (non-hydrogen) atoms. The van der Waals surface area contributed by atoms with Crippen molar-refractivity contribution >= 4 is 17.6 Å². The lowest BCUT2D eigenvalue weighted by Crippen LogP contribution is -2.15. The second-order valence-corrected chi connectivity index (χ2v) is 3.99. The number of aromatic nitrogens is 1. The normalized spacial score (nSPS) is 9.95. The van der Waals surface area contributed by atoms with E-state index in [4.69, 9.17) is 5.11 Å². The molecule has 0 aliphatic carbocycles. The number of para-hydroxylation sites is 1. The third-order valence-corrected chi connectivity index (χ3v) is 2.68. The fraction of sp³-hybridized carbons (Fsp3) is 0.0714. The first-order valence-electron chi connectivity index (χ1n) is 5.64. The molecule has 1 aromatic heterocycles. The molecule has 0 saturated carbocycles. The standard InChI is InChI=1S/C14H12N2O3/c1-9-3-2-4-11(14(18)19)12(9)16-13(17)10-5-7-15-8-6-10/h2-8H,1H3,(H,16,17)(H,18,19). The minimum atomic E-state index is -1.08. The van der Waals surface area contributed by atoms with Gasteiger partial charge in [-0.3, -0.25) is 9.78 Å². The molecule has 96 valence electrons. The Bertz CT molecular complexity index is 624. The van der Waals surface area contributed by atoms with Gasteiger partial charge in [-0.25, -0.2) is 4.79 Å². The molecule has 1 heterocycles. The zero-order valence-corrected chi connectivity index (χ0v) is 10.3. The number of hydrogen-bond donors (Lipinski definition) is 2. The number of pyridine rings is 1. The maximum absolute atomic E-state index is 12.0. The summed E-state index contributed by atoms with van der Waals surface area (Å²) < 4.78 is 0. The van der Waals surface area contributed by atoms with Gasteiger partial charge >= 0.3 is 5.97 Å². The number of amides is 1.